The van der Waals surface area contributed by atoms with Crippen molar-refractivity contribution in [2.45, 2.75) is 46.1 Å². The molecule has 1 unspecified atom stereocenters. The number of unbranched alkanes of at least 4 members (excludes halogenated alkanes) is 1. The van der Waals surface area contributed by atoms with E-state index in [1.807, 2.05) is 0 Å². The van der Waals surface area contributed by atoms with Gasteiger partial charge in [-0.05, 0) is 31.7 Å². The quantitative estimate of drug-likeness (QED) is 0.800. The number of hydrogen-bond acceptors (Lipinski definition) is 5. The smallest absolute Gasteiger partial charge is 0.226 e. The third-order valence-corrected chi connectivity index (χ3v) is 3.84. The lowest BCUT2D eigenvalue weighted by Crippen LogP contribution is -2.16. The first-order valence-corrected chi connectivity index (χ1v) is 7.88. The van der Waals surface area contributed by atoms with Crippen molar-refractivity contribution in [1.82, 2.24) is 9.97 Å². The third-order valence-electron chi connectivity index (χ3n) is 3.03. The first-order valence-electron chi connectivity index (χ1n) is 7.00. The number of nitrogens with zero attached hydrogens (tertiary/aromatic N) is 2. The fourth-order valence-corrected chi connectivity index (χ4v) is 2.78. The highest BCUT2D eigenvalue weighted by Crippen LogP contribution is 2.27. The first-order chi connectivity index (χ1) is 9.24. The minimum Gasteiger partial charge on any atom is -0.367 e. The number of thiophene rings is 1. The fourth-order valence-electron chi connectivity index (χ4n) is 2.02. The third kappa shape index (κ3) is 3.56. The van der Waals surface area contributed by atoms with E-state index in [-0.39, 0.29) is 0 Å². The molecule has 0 aliphatic carbocycles. The van der Waals surface area contributed by atoms with Gasteiger partial charge < -0.3 is 10.6 Å². The second-order valence-electron chi connectivity index (χ2n) is 4.75. The molecule has 2 heterocycles. The lowest BCUT2D eigenvalue weighted by molar-refractivity contribution is 0.644. The molecule has 19 heavy (non-hydrogen) atoms. The Labute approximate surface area is 118 Å². The molecule has 0 aliphatic heterocycles. The van der Waals surface area contributed by atoms with Crippen LogP contribution in [-0.2, 0) is 0 Å². The van der Waals surface area contributed by atoms with Crippen LogP contribution in [0.2, 0.25) is 0 Å². The highest BCUT2D eigenvalue weighted by atomic mass is 32.1. The Morgan fingerprint density at radius 3 is 2.89 bits per heavy atom. The van der Waals surface area contributed by atoms with Crippen molar-refractivity contribution < 1.29 is 0 Å². The minimum atomic E-state index is 0.437. The van der Waals surface area contributed by atoms with Crippen LogP contribution in [0.3, 0.4) is 0 Å². The summed E-state index contributed by atoms with van der Waals surface area (Å²) in [5.74, 6) is 1.66. The maximum absolute atomic E-state index is 4.58. The average Bonchev–Trinajstić information content (AvgIpc) is 2.85. The highest BCUT2D eigenvalue weighted by Gasteiger charge is 2.10. The van der Waals surface area contributed by atoms with Crippen LogP contribution in [0.5, 0.6) is 0 Å². The average molecular weight is 278 g/mol. The normalized spacial score (nSPS) is 12.6. The van der Waals surface area contributed by atoms with Crippen molar-refractivity contribution in [3.05, 3.63) is 11.4 Å². The molecule has 4 nitrogen and oxygen atoms in total. The van der Waals surface area contributed by atoms with Crippen LogP contribution >= 0.6 is 11.3 Å². The zero-order valence-corrected chi connectivity index (χ0v) is 12.7. The van der Waals surface area contributed by atoms with Gasteiger partial charge >= 0.3 is 0 Å². The van der Waals surface area contributed by atoms with Gasteiger partial charge in [-0.3, -0.25) is 0 Å². The van der Waals surface area contributed by atoms with Gasteiger partial charge in [-0.1, -0.05) is 19.8 Å². The molecule has 2 N–H and O–H groups in total. The van der Waals surface area contributed by atoms with Crippen LogP contribution < -0.4 is 10.6 Å². The Morgan fingerprint density at radius 2 is 2.16 bits per heavy atom. The molecule has 0 fully saturated rings. The van der Waals surface area contributed by atoms with E-state index in [9.17, 15) is 0 Å². The standard InChI is InChI=1S/C14H22N4S/c1-4-6-7-10(3)16-12-11-8-9-19-13(11)18-14(17-12)15-5-2/h8-10H,4-7H2,1-3H3,(H2,15,16,17,18). The van der Waals surface area contributed by atoms with Gasteiger partial charge in [0.1, 0.15) is 10.6 Å². The van der Waals surface area contributed by atoms with Crippen molar-refractivity contribution in [2.75, 3.05) is 17.2 Å². The molecule has 0 aliphatic rings. The maximum atomic E-state index is 4.58. The molecule has 0 amide bonds. The molecule has 0 saturated carbocycles. The van der Waals surface area contributed by atoms with Crippen LogP contribution in [-0.4, -0.2) is 22.6 Å². The summed E-state index contributed by atoms with van der Waals surface area (Å²) >= 11 is 1.66. The molecule has 0 bridgehead atoms. The number of nitrogens with one attached hydrogen (secondary N) is 2. The van der Waals surface area contributed by atoms with Crippen molar-refractivity contribution >= 4 is 33.3 Å². The SMILES string of the molecule is CCCCC(C)Nc1nc(NCC)nc2sccc12. The Kier molecular flexibility index (Phi) is 4.96. The topological polar surface area (TPSA) is 49.8 Å². The van der Waals surface area contributed by atoms with Gasteiger partial charge in [0.15, 0.2) is 0 Å². The van der Waals surface area contributed by atoms with Crippen LogP contribution in [0, 0.1) is 0 Å². The molecule has 2 aromatic heterocycles. The summed E-state index contributed by atoms with van der Waals surface area (Å²) in [5.41, 5.74) is 0. The molecule has 0 radical (unpaired) electrons. The van der Waals surface area contributed by atoms with Crippen LogP contribution in [0.4, 0.5) is 11.8 Å². The molecule has 1 atom stereocenters. The lowest BCUT2D eigenvalue weighted by atomic mass is 10.1. The van der Waals surface area contributed by atoms with Gasteiger partial charge in [0.2, 0.25) is 5.95 Å². The molecule has 104 valence electrons. The number of hydrogen-bond donors (Lipinski definition) is 2. The van der Waals surface area contributed by atoms with E-state index in [1.54, 1.807) is 11.3 Å². The van der Waals surface area contributed by atoms with Crippen molar-refractivity contribution in [2.24, 2.45) is 0 Å². The second-order valence-corrected chi connectivity index (χ2v) is 5.65. The molecule has 5 heteroatoms. The zero-order valence-electron chi connectivity index (χ0n) is 11.9. The summed E-state index contributed by atoms with van der Waals surface area (Å²) < 4.78 is 0. The fraction of sp³-hybridized carbons (Fsp3) is 0.571. The van der Waals surface area contributed by atoms with Crippen LogP contribution in [0.1, 0.15) is 40.0 Å². The Bertz CT molecular complexity index is 523. The van der Waals surface area contributed by atoms with E-state index in [0.29, 0.717) is 12.0 Å². The summed E-state index contributed by atoms with van der Waals surface area (Å²) in [6, 6.07) is 2.53. The molecule has 0 aromatic carbocycles. The number of anilines is 2. The van der Waals surface area contributed by atoms with Gasteiger partial charge in [0, 0.05) is 12.6 Å². The molecule has 0 saturated heterocycles. The van der Waals surface area contributed by atoms with Gasteiger partial charge in [-0.2, -0.15) is 4.98 Å². The van der Waals surface area contributed by atoms with Crippen LogP contribution in [0.25, 0.3) is 10.2 Å². The van der Waals surface area contributed by atoms with Crippen LogP contribution in [0.15, 0.2) is 11.4 Å². The summed E-state index contributed by atoms with van der Waals surface area (Å²) in [5, 5.41) is 9.90. The molecule has 2 rings (SSSR count). The molecular formula is C14H22N4S. The second kappa shape index (κ2) is 6.70. The number of rotatable bonds is 7. The van der Waals surface area contributed by atoms with E-state index in [2.05, 4.69) is 52.8 Å². The van der Waals surface area contributed by atoms with E-state index in [1.165, 1.54) is 19.3 Å². The van der Waals surface area contributed by atoms with Gasteiger partial charge in [-0.25, -0.2) is 4.98 Å². The summed E-state index contributed by atoms with van der Waals surface area (Å²) in [4.78, 5) is 10.1. The number of fused-ring (bicyclic) bond motifs is 1. The van der Waals surface area contributed by atoms with Crippen molar-refractivity contribution in [3.8, 4) is 0 Å². The van der Waals surface area contributed by atoms with Gasteiger partial charge in [0.05, 0.1) is 5.39 Å². The van der Waals surface area contributed by atoms with Gasteiger partial charge in [-0.15, -0.1) is 11.3 Å². The van der Waals surface area contributed by atoms with E-state index in [4.69, 9.17) is 0 Å². The largest absolute Gasteiger partial charge is 0.367 e. The number of aromatic nitrogens is 2. The monoisotopic (exact) mass is 278 g/mol. The van der Waals surface area contributed by atoms with Gasteiger partial charge in [0.25, 0.3) is 0 Å². The summed E-state index contributed by atoms with van der Waals surface area (Å²) in [6.07, 6.45) is 3.64. The minimum absolute atomic E-state index is 0.437. The van der Waals surface area contributed by atoms with E-state index in [0.717, 1.165) is 22.6 Å². The van der Waals surface area contributed by atoms with E-state index >= 15 is 0 Å². The first kappa shape index (κ1) is 14.1. The Balaban J connectivity index is 2.21. The summed E-state index contributed by atoms with van der Waals surface area (Å²) in [6.45, 7) is 7.32. The molecule has 0 spiro atoms. The molecular weight excluding hydrogens is 256 g/mol. The zero-order chi connectivity index (χ0) is 13.7. The highest BCUT2D eigenvalue weighted by molar-refractivity contribution is 7.16. The van der Waals surface area contributed by atoms with Crippen molar-refractivity contribution in [1.29, 1.82) is 0 Å². The predicted octanol–water partition coefficient (Wildman–Crippen LogP) is 4.11. The summed E-state index contributed by atoms with van der Waals surface area (Å²) in [7, 11) is 0. The van der Waals surface area contributed by atoms with E-state index < -0.39 is 0 Å². The Morgan fingerprint density at radius 1 is 1.32 bits per heavy atom. The predicted molar refractivity (Wildman–Crippen MR) is 84.2 cm³/mol. The maximum Gasteiger partial charge on any atom is 0.226 e. The lowest BCUT2D eigenvalue weighted by Gasteiger charge is -2.15. The Hall–Kier alpha value is -1.36. The van der Waals surface area contributed by atoms with Crippen molar-refractivity contribution in [3.63, 3.8) is 0 Å². The molecule has 2 aromatic rings.